The highest BCUT2D eigenvalue weighted by Gasteiger charge is 2.10. The van der Waals surface area contributed by atoms with Crippen LogP contribution in [0.15, 0.2) is 0 Å². The van der Waals surface area contributed by atoms with Crippen LogP contribution in [0.2, 0.25) is 0 Å². The third-order valence-corrected chi connectivity index (χ3v) is 0.920. The molecule has 0 aliphatic carbocycles. The smallest absolute Gasteiger partial charge is 0.120 e. The molecule has 0 rings (SSSR count). The Bertz CT molecular complexity index is 92.7. The minimum atomic E-state index is -0.176. The lowest BCUT2D eigenvalue weighted by Gasteiger charge is -1.74. The van der Waals surface area contributed by atoms with Gasteiger partial charge < -0.3 is 0 Å². The summed E-state index contributed by atoms with van der Waals surface area (Å²) in [4.78, 5) is 0. The second kappa shape index (κ2) is 3.76. The Kier molecular flexibility index (Phi) is 3.53. The van der Waals surface area contributed by atoms with Crippen LogP contribution >= 0.6 is 0 Å². The molecule has 0 amide bonds. The molecular weight excluding hydrogens is 108 g/mol. The highest BCUT2D eigenvalue weighted by atomic mass is 32.1. The van der Waals surface area contributed by atoms with Gasteiger partial charge in [0.1, 0.15) is 0 Å². The molecule has 2 heteroatoms. The van der Waals surface area contributed by atoms with E-state index in [1.165, 1.54) is 0 Å². The van der Waals surface area contributed by atoms with Crippen LogP contribution in [-0.2, 0) is 15.9 Å². The Morgan fingerprint density at radius 3 is 2.71 bits per heavy atom. The predicted molar refractivity (Wildman–Crippen MR) is 30.6 cm³/mol. The highest BCUT2D eigenvalue weighted by Crippen LogP contribution is 1.87. The monoisotopic (exact) mass is 114 g/mol. The van der Waals surface area contributed by atoms with Crippen molar-refractivity contribution in [1.82, 2.24) is 0 Å². The van der Waals surface area contributed by atoms with Crippen molar-refractivity contribution in [3.8, 4) is 12.3 Å². The molecule has 1 nitrogen and oxygen atoms in total. The molecule has 7 heavy (non-hydrogen) atoms. The minimum Gasteiger partial charge on any atom is -0.120 e. The normalized spacial score (nSPS) is 12.0. The van der Waals surface area contributed by atoms with E-state index in [0.29, 0.717) is 18.1 Å². The maximum Gasteiger partial charge on any atom is 0.463 e. The first-order valence-electron chi connectivity index (χ1n) is 1.86. The molecule has 0 aromatic rings. The Balaban J connectivity index is 3.21. The van der Waals surface area contributed by atoms with Crippen molar-refractivity contribution in [1.29, 1.82) is 0 Å². The third kappa shape index (κ3) is 3.41. The van der Waals surface area contributed by atoms with Gasteiger partial charge in [-0.15, -0.1) is 12.3 Å². The summed E-state index contributed by atoms with van der Waals surface area (Å²) in [5.41, 5.74) is 0. The first kappa shape index (κ1) is 6.58. The van der Waals surface area contributed by atoms with Crippen molar-refractivity contribution in [2.45, 2.75) is 11.7 Å². The fourth-order valence-electron chi connectivity index (χ4n) is 0.165. The fourth-order valence-corrected chi connectivity index (χ4v) is 0.330. The molecule has 0 aliphatic heterocycles. The van der Waals surface area contributed by atoms with E-state index in [9.17, 15) is 4.21 Å². The lowest BCUT2D eigenvalue weighted by molar-refractivity contribution is 0.601. The number of rotatable bonds is 2. The molecule has 0 bridgehead atoms. The highest BCUT2D eigenvalue weighted by molar-refractivity contribution is 7.66. The van der Waals surface area contributed by atoms with Gasteiger partial charge in [0.2, 0.25) is 5.25 Å². The SMILES string of the molecule is C#CCC([CH2])[S+]=O. The second-order valence-electron chi connectivity index (χ2n) is 1.13. The summed E-state index contributed by atoms with van der Waals surface area (Å²) in [6, 6.07) is 0. The number of hydrogen-bond acceptors (Lipinski definition) is 1. The molecular formula is C5H6OS+. The van der Waals surface area contributed by atoms with Crippen LogP contribution in [0.1, 0.15) is 6.42 Å². The minimum absolute atomic E-state index is 0.176. The summed E-state index contributed by atoms with van der Waals surface area (Å²) in [7, 11) is 0. The van der Waals surface area contributed by atoms with E-state index in [2.05, 4.69) is 12.8 Å². The van der Waals surface area contributed by atoms with E-state index in [-0.39, 0.29) is 5.25 Å². The molecule has 0 aromatic heterocycles. The van der Waals surface area contributed by atoms with Gasteiger partial charge in [-0.1, -0.05) is 0 Å². The van der Waals surface area contributed by atoms with Gasteiger partial charge in [-0.25, -0.2) is 0 Å². The van der Waals surface area contributed by atoms with Crippen LogP contribution < -0.4 is 0 Å². The van der Waals surface area contributed by atoms with Crippen molar-refractivity contribution in [2.24, 2.45) is 0 Å². The van der Waals surface area contributed by atoms with Crippen molar-refractivity contribution in [3.05, 3.63) is 6.92 Å². The van der Waals surface area contributed by atoms with Gasteiger partial charge in [0.15, 0.2) is 0 Å². The zero-order valence-electron chi connectivity index (χ0n) is 3.89. The van der Waals surface area contributed by atoms with Gasteiger partial charge in [-0.2, -0.15) is 0 Å². The summed E-state index contributed by atoms with van der Waals surface area (Å²) in [5, 5.41) is -0.176. The van der Waals surface area contributed by atoms with Gasteiger partial charge in [0.25, 0.3) is 0 Å². The summed E-state index contributed by atoms with van der Waals surface area (Å²) >= 11 is 0.446. The van der Waals surface area contributed by atoms with Crippen molar-refractivity contribution in [2.75, 3.05) is 0 Å². The molecule has 1 unspecified atom stereocenters. The van der Waals surface area contributed by atoms with E-state index in [1.54, 1.807) is 0 Å². The van der Waals surface area contributed by atoms with Crippen LogP contribution in [-0.4, -0.2) is 5.25 Å². The first-order valence-corrected chi connectivity index (χ1v) is 2.67. The molecule has 1 atom stereocenters. The maximum atomic E-state index is 9.78. The third-order valence-electron chi connectivity index (χ3n) is 0.482. The molecule has 0 N–H and O–H groups in total. The Morgan fingerprint density at radius 1 is 2.00 bits per heavy atom. The predicted octanol–water partition coefficient (Wildman–Crippen LogP) is 0.640. The molecule has 0 fully saturated rings. The topological polar surface area (TPSA) is 17.1 Å². The van der Waals surface area contributed by atoms with Gasteiger partial charge in [-0.3, -0.25) is 0 Å². The number of hydrogen-bond donors (Lipinski definition) is 0. The van der Waals surface area contributed by atoms with E-state index in [4.69, 9.17) is 6.42 Å². The Labute approximate surface area is 47.6 Å². The van der Waals surface area contributed by atoms with Gasteiger partial charge >= 0.3 is 11.7 Å². The second-order valence-corrected chi connectivity index (χ2v) is 1.99. The largest absolute Gasteiger partial charge is 0.463 e. The van der Waals surface area contributed by atoms with Crippen molar-refractivity contribution in [3.63, 3.8) is 0 Å². The Hall–Kier alpha value is -0.420. The average Bonchev–Trinajstić information content (AvgIpc) is 1.68. The molecule has 0 spiro atoms. The summed E-state index contributed by atoms with van der Waals surface area (Å²) < 4.78 is 9.78. The first-order chi connectivity index (χ1) is 3.31. The average molecular weight is 114 g/mol. The van der Waals surface area contributed by atoms with Crippen LogP contribution in [0.3, 0.4) is 0 Å². The fraction of sp³-hybridized carbons (Fsp3) is 0.400. The van der Waals surface area contributed by atoms with Gasteiger partial charge in [-0.05, 0) is 0 Å². The van der Waals surface area contributed by atoms with Crippen LogP contribution in [0, 0.1) is 19.3 Å². The standard InChI is InChI=1S/C5H6OS/c1-3-4-5(2)7-6/h1,5H,2,4H2/q+1. The van der Waals surface area contributed by atoms with Crippen LogP contribution in [0.4, 0.5) is 0 Å². The van der Waals surface area contributed by atoms with E-state index < -0.39 is 0 Å². The van der Waals surface area contributed by atoms with E-state index >= 15 is 0 Å². The summed E-state index contributed by atoms with van der Waals surface area (Å²) in [5.74, 6) is 2.34. The zero-order chi connectivity index (χ0) is 5.70. The molecule has 0 heterocycles. The maximum absolute atomic E-state index is 9.78. The van der Waals surface area contributed by atoms with E-state index in [1.807, 2.05) is 0 Å². The number of terminal acetylenes is 1. The molecule has 0 aliphatic rings. The van der Waals surface area contributed by atoms with E-state index in [0.717, 1.165) is 0 Å². The lowest BCUT2D eigenvalue weighted by Crippen LogP contribution is -1.95. The Morgan fingerprint density at radius 2 is 2.57 bits per heavy atom. The lowest BCUT2D eigenvalue weighted by atomic mass is 10.3. The van der Waals surface area contributed by atoms with Crippen molar-refractivity contribution < 1.29 is 4.21 Å². The molecule has 0 aromatic carbocycles. The van der Waals surface area contributed by atoms with Gasteiger partial charge in [0, 0.05) is 11.1 Å². The van der Waals surface area contributed by atoms with Gasteiger partial charge in [0.05, 0.1) is 6.42 Å². The molecule has 0 saturated carbocycles. The molecule has 0 saturated heterocycles. The van der Waals surface area contributed by atoms with Crippen LogP contribution in [0.25, 0.3) is 0 Å². The van der Waals surface area contributed by atoms with Crippen molar-refractivity contribution >= 4 is 11.7 Å². The molecule has 1 radical (unpaired) electrons. The molecule has 37 valence electrons. The van der Waals surface area contributed by atoms with Crippen LogP contribution in [0.5, 0.6) is 0 Å². The summed E-state index contributed by atoms with van der Waals surface area (Å²) in [6.07, 6.45) is 5.33. The summed E-state index contributed by atoms with van der Waals surface area (Å²) in [6.45, 7) is 3.45. The zero-order valence-corrected chi connectivity index (χ0v) is 4.70. The quantitative estimate of drug-likeness (QED) is 0.380.